The van der Waals surface area contributed by atoms with Crippen LogP contribution in [0.4, 0.5) is 10.7 Å². The maximum Gasteiger partial charge on any atom is 0.408 e. The van der Waals surface area contributed by atoms with Gasteiger partial charge < -0.3 is 30.2 Å². The Morgan fingerprint density at radius 2 is 1.63 bits per heavy atom. The van der Waals surface area contributed by atoms with E-state index in [0.29, 0.717) is 32.1 Å². The minimum Gasteiger partial charge on any atom is -0.493 e. The number of nitrogens with zero attached hydrogens (tertiary/aromatic N) is 3. The Hall–Kier alpha value is -4.78. The molecule has 1 aromatic heterocycles. The van der Waals surface area contributed by atoms with Crippen molar-refractivity contribution >= 4 is 82.3 Å². The Kier molecular flexibility index (Phi) is 17.3. The Morgan fingerprint density at radius 3 is 2.32 bits per heavy atom. The van der Waals surface area contributed by atoms with E-state index in [1.54, 1.807) is 18.2 Å². The Bertz CT molecular complexity index is 1880. The number of hydrogen-bond donors (Lipinski definition) is 5. The summed E-state index contributed by atoms with van der Waals surface area (Å²) in [5.74, 6) is -2.49. The van der Waals surface area contributed by atoms with Crippen LogP contribution in [0.5, 0.6) is 5.75 Å². The predicted octanol–water partition coefficient (Wildman–Crippen LogP) is 4.19. The van der Waals surface area contributed by atoms with Crippen LogP contribution in [0.15, 0.2) is 36.7 Å². The number of amides is 7. The fourth-order valence-electron chi connectivity index (χ4n) is 6.11. The quantitative estimate of drug-likeness (QED) is 0.0484. The van der Waals surface area contributed by atoms with Crippen LogP contribution in [0.2, 0.25) is 0 Å². The molecule has 0 aliphatic carbocycles. The summed E-state index contributed by atoms with van der Waals surface area (Å²) in [5.41, 5.74) is -1.20. The molecule has 1 saturated heterocycles. The highest BCUT2D eigenvalue weighted by atomic mass is 35.6. The number of alkyl carbamates (subject to hydrolysis) is 1. The molecule has 0 bridgehead atoms. The summed E-state index contributed by atoms with van der Waals surface area (Å²) in [6.07, 6.45) is 3.41. The Labute approximate surface area is 362 Å². The van der Waals surface area contributed by atoms with E-state index >= 15 is 0 Å². The Balaban J connectivity index is 1.10. The summed E-state index contributed by atoms with van der Waals surface area (Å²) in [6.45, 7) is 8.45. The molecule has 4 rings (SSSR count). The van der Waals surface area contributed by atoms with Gasteiger partial charge in [-0.05, 0) is 63.6 Å². The molecule has 2 aromatic rings. The highest BCUT2D eigenvalue weighted by Gasteiger charge is 2.46. The average Bonchev–Trinajstić information content (AvgIpc) is 3.45. The average molecular weight is 898 g/mol. The molecule has 3 heterocycles. The van der Waals surface area contributed by atoms with Gasteiger partial charge in [0.25, 0.3) is 11.8 Å². The van der Waals surface area contributed by atoms with E-state index < -0.39 is 56.7 Å². The van der Waals surface area contributed by atoms with Crippen LogP contribution in [0.25, 0.3) is 0 Å². The van der Waals surface area contributed by atoms with E-state index in [1.807, 2.05) is 27.7 Å². The number of halogens is 3. The van der Waals surface area contributed by atoms with Crippen LogP contribution in [-0.4, -0.2) is 111 Å². The minimum atomic E-state index is -1.94. The first-order valence-corrected chi connectivity index (χ1v) is 20.7. The number of ether oxygens (including phenoxy) is 3. The fourth-order valence-corrected chi connectivity index (χ4v) is 6.44. The van der Waals surface area contributed by atoms with Crippen LogP contribution in [0, 0.1) is 5.41 Å². The standard InChI is InChI=1S/C39H51Cl3N8O10/c1-5-38(4,15-14-27(51)43-19-8-22-59-36(57)49-33(39(40,41)42)48-35-45-17-7-18-46-35)60-23-16-37(2,3)34(56)44-20-9-21-58-26-11-6-10-24-29(26)32(55)50(31(24)54)25-12-13-28(52)47-30(25)53/h6-7,10-11,17-18,25,33H,5,8-9,12-16,19-23H2,1-4H3,(H,43,51)(H,44,56)(H,49,57)(H,45,46,48)(H,47,52,53). The minimum absolute atomic E-state index is 0.0112. The summed E-state index contributed by atoms with van der Waals surface area (Å²) >= 11 is 17.9. The van der Waals surface area contributed by atoms with E-state index in [-0.39, 0.29) is 86.8 Å². The maximum absolute atomic E-state index is 13.3. The van der Waals surface area contributed by atoms with Crippen molar-refractivity contribution in [2.45, 2.75) is 101 Å². The highest BCUT2D eigenvalue weighted by molar-refractivity contribution is 6.68. The number of fused-ring (bicyclic) bond motifs is 1. The monoisotopic (exact) mass is 896 g/mol. The lowest BCUT2D eigenvalue weighted by Crippen LogP contribution is -2.54. The first kappa shape index (κ1) is 47.9. The maximum atomic E-state index is 13.3. The number of piperidine rings is 1. The second-order valence-corrected chi connectivity index (χ2v) is 17.4. The van der Waals surface area contributed by atoms with Crippen LogP contribution >= 0.6 is 34.8 Å². The second-order valence-electron chi connectivity index (χ2n) is 15.0. The third-order valence-corrected chi connectivity index (χ3v) is 10.7. The number of aromatic nitrogens is 2. The van der Waals surface area contributed by atoms with Gasteiger partial charge >= 0.3 is 6.09 Å². The number of rotatable bonds is 22. The smallest absolute Gasteiger partial charge is 0.408 e. The van der Waals surface area contributed by atoms with Gasteiger partial charge in [-0.2, -0.15) is 0 Å². The molecule has 5 N–H and O–H groups in total. The zero-order valence-electron chi connectivity index (χ0n) is 33.9. The molecule has 18 nitrogen and oxygen atoms in total. The van der Waals surface area contributed by atoms with Gasteiger partial charge in [0.05, 0.1) is 29.9 Å². The molecule has 0 spiro atoms. The molecule has 1 aromatic carbocycles. The summed E-state index contributed by atoms with van der Waals surface area (Å²) in [7, 11) is 0. The van der Waals surface area contributed by atoms with E-state index in [0.717, 1.165) is 4.90 Å². The van der Waals surface area contributed by atoms with Gasteiger partial charge in [0.2, 0.25) is 33.4 Å². The van der Waals surface area contributed by atoms with Crippen LogP contribution in [0.1, 0.15) is 99.8 Å². The van der Waals surface area contributed by atoms with Crippen molar-refractivity contribution < 1.29 is 47.8 Å². The molecule has 60 heavy (non-hydrogen) atoms. The zero-order valence-corrected chi connectivity index (χ0v) is 36.1. The molecule has 3 atom stereocenters. The Morgan fingerprint density at radius 1 is 0.933 bits per heavy atom. The van der Waals surface area contributed by atoms with Gasteiger partial charge in [-0.25, -0.2) is 14.8 Å². The highest BCUT2D eigenvalue weighted by Crippen LogP contribution is 2.34. The van der Waals surface area contributed by atoms with E-state index in [1.165, 1.54) is 18.5 Å². The van der Waals surface area contributed by atoms with Crippen molar-refractivity contribution in [3.63, 3.8) is 0 Å². The summed E-state index contributed by atoms with van der Waals surface area (Å²) < 4.78 is 15.3. The van der Waals surface area contributed by atoms with Crippen molar-refractivity contribution in [3.8, 4) is 5.75 Å². The normalized spacial score (nSPS) is 16.9. The summed E-state index contributed by atoms with van der Waals surface area (Å²) in [5, 5.41) is 13.0. The number of imide groups is 2. The molecular formula is C39H51Cl3N8O10. The molecule has 2 aliphatic heterocycles. The molecule has 7 amide bonds. The number of hydrogen-bond acceptors (Lipinski definition) is 13. The van der Waals surface area contributed by atoms with E-state index in [9.17, 15) is 33.6 Å². The zero-order chi connectivity index (χ0) is 44.1. The number of anilines is 1. The molecule has 3 unspecified atom stereocenters. The molecule has 0 radical (unpaired) electrons. The third kappa shape index (κ3) is 13.6. The van der Waals surface area contributed by atoms with E-state index in [4.69, 9.17) is 49.0 Å². The van der Waals surface area contributed by atoms with Crippen molar-refractivity contribution in [2.24, 2.45) is 5.41 Å². The van der Waals surface area contributed by atoms with Gasteiger partial charge in [-0.15, -0.1) is 0 Å². The lowest BCUT2D eigenvalue weighted by molar-refractivity contribution is -0.136. The lowest BCUT2D eigenvalue weighted by atomic mass is 9.88. The topological polar surface area (TPSA) is 236 Å². The molecular weight excluding hydrogens is 847 g/mol. The molecule has 1 fully saturated rings. The van der Waals surface area contributed by atoms with Crippen LogP contribution < -0.4 is 31.3 Å². The SMILES string of the molecule is CCC(C)(CCC(=O)NCCCOC(=O)NC(Nc1ncccn1)C(Cl)(Cl)Cl)OCCC(C)(C)C(=O)NCCCOc1cccc2c1C(=O)N(C1CCC(=O)NC1=O)C2=O. The van der Waals surface area contributed by atoms with Crippen molar-refractivity contribution in [3.05, 3.63) is 47.8 Å². The van der Waals surface area contributed by atoms with Gasteiger partial charge in [0, 0.05) is 50.3 Å². The van der Waals surface area contributed by atoms with Gasteiger partial charge in [0.15, 0.2) is 6.17 Å². The lowest BCUT2D eigenvalue weighted by Gasteiger charge is -2.31. The summed E-state index contributed by atoms with van der Waals surface area (Å²) in [6, 6.07) is 5.15. The number of carbonyl (C=O) groups is 7. The first-order valence-electron chi connectivity index (χ1n) is 19.5. The van der Waals surface area contributed by atoms with E-state index in [2.05, 4.69) is 36.6 Å². The number of carbonyl (C=O) groups excluding carboxylic acids is 7. The molecule has 2 aliphatic rings. The van der Waals surface area contributed by atoms with Gasteiger partial charge in [-0.1, -0.05) is 61.6 Å². The molecule has 0 saturated carbocycles. The van der Waals surface area contributed by atoms with Gasteiger partial charge in [0.1, 0.15) is 11.8 Å². The van der Waals surface area contributed by atoms with Crippen molar-refractivity contribution in [2.75, 3.05) is 38.2 Å². The van der Waals surface area contributed by atoms with Crippen LogP contribution in [0.3, 0.4) is 0 Å². The largest absolute Gasteiger partial charge is 0.493 e. The number of nitrogens with one attached hydrogen (secondary N) is 5. The van der Waals surface area contributed by atoms with Crippen LogP contribution in [-0.2, 0) is 28.7 Å². The molecule has 328 valence electrons. The van der Waals surface area contributed by atoms with Crippen molar-refractivity contribution in [1.82, 2.24) is 36.1 Å². The van der Waals surface area contributed by atoms with Crippen molar-refractivity contribution in [1.29, 1.82) is 0 Å². The third-order valence-electron chi connectivity index (χ3n) is 10.0. The summed E-state index contributed by atoms with van der Waals surface area (Å²) in [4.78, 5) is 97.1. The molecule has 21 heteroatoms. The number of alkyl halides is 3. The second kappa shape index (κ2) is 21.7. The fraction of sp³-hybridized carbons (Fsp3) is 0.564. The first-order chi connectivity index (χ1) is 28.3. The predicted molar refractivity (Wildman–Crippen MR) is 220 cm³/mol. The van der Waals surface area contributed by atoms with Gasteiger partial charge in [-0.3, -0.25) is 44.3 Å². The number of benzene rings is 1.